The molecule has 21 heavy (non-hydrogen) atoms. The quantitative estimate of drug-likeness (QED) is 0.720. The molecular weight excluding hydrogens is 288 g/mol. The monoisotopic (exact) mass is 312 g/mol. The summed E-state index contributed by atoms with van der Waals surface area (Å²) in [5, 5.41) is 13.0. The highest BCUT2D eigenvalue weighted by atomic mass is 32.2. The molecule has 6 heteroatoms. The fourth-order valence-electron chi connectivity index (χ4n) is 2.78. The Kier molecular flexibility index (Phi) is 5.24. The van der Waals surface area contributed by atoms with Gasteiger partial charge in [-0.3, -0.25) is 0 Å². The van der Waals surface area contributed by atoms with Crippen LogP contribution in [0.1, 0.15) is 39.0 Å². The van der Waals surface area contributed by atoms with Gasteiger partial charge in [0.05, 0.1) is 17.8 Å². The van der Waals surface area contributed by atoms with Crippen LogP contribution in [0.25, 0.3) is 0 Å². The molecule has 0 aliphatic heterocycles. The van der Waals surface area contributed by atoms with Gasteiger partial charge in [-0.05, 0) is 31.4 Å². The van der Waals surface area contributed by atoms with Gasteiger partial charge in [0.1, 0.15) is 4.90 Å². The van der Waals surface area contributed by atoms with Crippen LogP contribution in [0.2, 0.25) is 0 Å². The van der Waals surface area contributed by atoms with E-state index in [1.54, 1.807) is 24.3 Å². The summed E-state index contributed by atoms with van der Waals surface area (Å²) in [4.78, 5) is 0.248. The summed E-state index contributed by atoms with van der Waals surface area (Å²) in [5.74, 6) is 0. The lowest BCUT2D eigenvalue weighted by molar-refractivity contribution is 0.214. The highest BCUT2D eigenvalue weighted by Crippen LogP contribution is 2.34. The number of anilines is 1. The predicted octanol–water partition coefficient (Wildman–Crippen LogP) is 2.09. The molecule has 0 unspecified atom stereocenters. The number of aliphatic hydroxyl groups is 1. The van der Waals surface area contributed by atoms with Gasteiger partial charge in [0.2, 0.25) is 10.0 Å². The van der Waals surface area contributed by atoms with Crippen LogP contribution >= 0.6 is 0 Å². The molecule has 0 amide bonds. The van der Waals surface area contributed by atoms with Crippen molar-refractivity contribution in [2.75, 3.05) is 18.5 Å². The smallest absolute Gasteiger partial charge is 0.242 e. The van der Waals surface area contributed by atoms with E-state index in [2.05, 4.69) is 10.0 Å². The maximum Gasteiger partial charge on any atom is 0.242 e. The molecule has 0 saturated heterocycles. The van der Waals surface area contributed by atoms with E-state index in [0.717, 1.165) is 32.1 Å². The van der Waals surface area contributed by atoms with Gasteiger partial charge in [0, 0.05) is 6.54 Å². The number of aliphatic hydroxyl groups excluding tert-OH is 1. The number of hydrogen-bond donors (Lipinski definition) is 3. The number of sulfonamides is 1. The summed E-state index contributed by atoms with van der Waals surface area (Å²) in [7, 11) is -3.52. The van der Waals surface area contributed by atoms with E-state index in [4.69, 9.17) is 0 Å². The van der Waals surface area contributed by atoms with Crippen molar-refractivity contribution in [3.63, 3.8) is 0 Å². The molecule has 1 fully saturated rings. The molecule has 0 bridgehead atoms. The molecule has 2 rings (SSSR count). The van der Waals surface area contributed by atoms with Crippen molar-refractivity contribution in [3.8, 4) is 0 Å². The molecule has 1 aliphatic rings. The predicted molar refractivity (Wildman–Crippen MR) is 83.8 cm³/mol. The van der Waals surface area contributed by atoms with Crippen molar-refractivity contribution in [1.29, 1.82) is 0 Å². The average Bonchev–Trinajstić information content (AvgIpc) is 2.95. The number of hydrogen-bond acceptors (Lipinski definition) is 4. The van der Waals surface area contributed by atoms with Crippen molar-refractivity contribution in [2.24, 2.45) is 0 Å². The van der Waals surface area contributed by atoms with Crippen LogP contribution < -0.4 is 10.0 Å². The van der Waals surface area contributed by atoms with Gasteiger partial charge in [0.15, 0.2) is 0 Å². The van der Waals surface area contributed by atoms with Crippen LogP contribution in [0.15, 0.2) is 29.2 Å². The topological polar surface area (TPSA) is 78.4 Å². The highest BCUT2D eigenvalue weighted by Gasteiger charge is 2.34. The summed E-state index contributed by atoms with van der Waals surface area (Å²) < 4.78 is 27.3. The second-order valence-electron chi connectivity index (χ2n) is 5.66. The second kappa shape index (κ2) is 6.77. The van der Waals surface area contributed by atoms with E-state index in [-0.39, 0.29) is 11.5 Å². The number of para-hydroxylation sites is 1. The zero-order chi connectivity index (χ0) is 15.3. The fourth-order valence-corrected chi connectivity index (χ4v) is 4.07. The molecular formula is C15H24N2O3S. The number of benzene rings is 1. The SMILES string of the molecule is CCCNS(=O)(=O)c1ccccc1NC1(CO)CCCC1. The van der Waals surface area contributed by atoms with Gasteiger partial charge >= 0.3 is 0 Å². The minimum absolute atomic E-state index is 0.0176. The van der Waals surface area contributed by atoms with Crippen LogP contribution in [-0.2, 0) is 10.0 Å². The van der Waals surface area contributed by atoms with E-state index in [0.29, 0.717) is 12.2 Å². The third-order valence-electron chi connectivity index (χ3n) is 3.98. The summed E-state index contributed by atoms with van der Waals surface area (Å²) in [6, 6.07) is 6.88. The molecule has 1 aliphatic carbocycles. The second-order valence-corrected chi connectivity index (χ2v) is 7.40. The molecule has 1 saturated carbocycles. The van der Waals surface area contributed by atoms with Crippen molar-refractivity contribution in [1.82, 2.24) is 4.72 Å². The number of rotatable bonds is 7. The first kappa shape index (κ1) is 16.3. The van der Waals surface area contributed by atoms with Crippen molar-refractivity contribution in [2.45, 2.75) is 49.5 Å². The average molecular weight is 312 g/mol. The molecule has 1 aromatic rings. The summed E-state index contributed by atoms with van der Waals surface area (Å²) >= 11 is 0. The third kappa shape index (κ3) is 3.75. The molecule has 0 heterocycles. The molecule has 0 spiro atoms. The Morgan fingerprint density at radius 2 is 1.90 bits per heavy atom. The Balaban J connectivity index is 2.29. The highest BCUT2D eigenvalue weighted by molar-refractivity contribution is 7.89. The van der Waals surface area contributed by atoms with E-state index in [9.17, 15) is 13.5 Å². The first-order chi connectivity index (χ1) is 10.0. The van der Waals surface area contributed by atoms with Crippen LogP contribution in [0.5, 0.6) is 0 Å². The van der Waals surface area contributed by atoms with Crippen LogP contribution in [0.3, 0.4) is 0 Å². The maximum atomic E-state index is 12.4. The van der Waals surface area contributed by atoms with Crippen molar-refractivity contribution in [3.05, 3.63) is 24.3 Å². The summed E-state index contributed by atoms with van der Waals surface area (Å²) in [6.45, 7) is 2.36. The van der Waals surface area contributed by atoms with Crippen molar-refractivity contribution >= 4 is 15.7 Å². The zero-order valence-electron chi connectivity index (χ0n) is 12.4. The normalized spacial score (nSPS) is 17.8. The summed E-state index contributed by atoms with van der Waals surface area (Å²) in [5.41, 5.74) is 0.174. The molecule has 3 N–H and O–H groups in total. The Morgan fingerprint density at radius 1 is 1.24 bits per heavy atom. The van der Waals surface area contributed by atoms with E-state index >= 15 is 0 Å². The molecule has 1 aromatic carbocycles. The molecule has 5 nitrogen and oxygen atoms in total. The lowest BCUT2D eigenvalue weighted by atomic mass is 9.98. The molecule has 0 aromatic heterocycles. The molecule has 118 valence electrons. The largest absolute Gasteiger partial charge is 0.394 e. The molecule has 0 atom stereocenters. The molecule has 0 radical (unpaired) electrons. The Labute approximate surface area is 126 Å². The van der Waals surface area contributed by atoms with E-state index < -0.39 is 15.6 Å². The third-order valence-corrected chi connectivity index (χ3v) is 5.50. The van der Waals surface area contributed by atoms with Crippen LogP contribution in [0, 0.1) is 0 Å². The van der Waals surface area contributed by atoms with E-state index in [1.807, 2.05) is 6.92 Å². The Hall–Kier alpha value is -1.11. The lowest BCUT2D eigenvalue weighted by Crippen LogP contribution is -2.39. The fraction of sp³-hybridized carbons (Fsp3) is 0.600. The lowest BCUT2D eigenvalue weighted by Gasteiger charge is -2.30. The van der Waals surface area contributed by atoms with Gasteiger partial charge in [-0.1, -0.05) is 31.9 Å². The van der Waals surface area contributed by atoms with Crippen LogP contribution in [-0.4, -0.2) is 32.2 Å². The first-order valence-electron chi connectivity index (χ1n) is 7.51. The first-order valence-corrected chi connectivity index (χ1v) is 8.99. The van der Waals surface area contributed by atoms with Crippen LogP contribution in [0.4, 0.5) is 5.69 Å². The van der Waals surface area contributed by atoms with Gasteiger partial charge in [0.25, 0.3) is 0 Å². The van der Waals surface area contributed by atoms with Crippen molar-refractivity contribution < 1.29 is 13.5 Å². The van der Waals surface area contributed by atoms with Gasteiger partial charge in [-0.25, -0.2) is 13.1 Å². The minimum atomic E-state index is -3.52. The Morgan fingerprint density at radius 3 is 2.52 bits per heavy atom. The summed E-state index contributed by atoms with van der Waals surface area (Å²) in [6.07, 6.45) is 4.57. The standard InChI is InChI=1S/C15H24N2O3S/c1-2-11-16-21(19,20)14-8-4-3-7-13(14)17-15(12-18)9-5-6-10-15/h3-4,7-8,16-18H,2,5-6,9-12H2,1H3. The van der Waals surface area contributed by atoms with E-state index in [1.165, 1.54) is 0 Å². The van der Waals surface area contributed by atoms with Gasteiger partial charge < -0.3 is 10.4 Å². The van der Waals surface area contributed by atoms with Gasteiger partial charge in [-0.2, -0.15) is 0 Å². The maximum absolute atomic E-state index is 12.4. The van der Waals surface area contributed by atoms with Gasteiger partial charge in [-0.15, -0.1) is 0 Å². The minimum Gasteiger partial charge on any atom is -0.394 e. The zero-order valence-corrected chi connectivity index (χ0v) is 13.2. The number of nitrogens with one attached hydrogen (secondary N) is 2. The Bertz CT molecular complexity index is 566.